The number of nitrogens with one attached hydrogen (secondary N) is 1. The minimum atomic E-state index is -1.08. The molecule has 2 aliphatic carbocycles. The molecule has 0 amide bonds. The fourth-order valence-corrected chi connectivity index (χ4v) is 6.06. The summed E-state index contributed by atoms with van der Waals surface area (Å²) in [7, 11) is -1.08. The Morgan fingerprint density at radius 1 is 1.05 bits per heavy atom. The molecule has 0 radical (unpaired) electrons. The molecular formula is C19H29NOS. The summed E-state index contributed by atoms with van der Waals surface area (Å²) in [5, 5.41) is 0. The first-order valence-electron chi connectivity index (χ1n) is 8.75. The van der Waals surface area contributed by atoms with Crippen molar-refractivity contribution in [1.82, 2.24) is 4.72 Å². The topological polar surface area (TPSA) is 29.1 Å². The molecule has 0 aliphatic heterocycles. The summed E-state index contributed by atoms with van der Waals surface area (Å²) in [6, 6.07) is 4.71. The van der Waals surface area contributed by atoms with Crippen molar-refractivity contribution in [2.24, 2.45) is 5.41 Å². The Kier molecular flexibility index (Phi) is 4.75. The van der Waals surface area contributed by atoms with Gasteiger partial charge in [0.05, 0.1) is 4.90 Å². The lowest BCUT2D eigenvalue weighted by Gasteiger charge is -2.33. The van der Waals surface area contributed by atoms with E-state index in [4.69, 9.17) is 0 Å². The molecule has 0 bridgehead atoms. The van der Waals surface area contributed by atoms with Crippen molar-refractivity contribution in [3.05, 3.63) is 28.8 Å². The molecule has 2 atom stereocenters. The number of hydrogen-bond acceptors (Lipinski definition) is 1. The van der Waals surface area contributed by atoms with Gasteiger partial charge in [-0.15, -0.1) is 0 Å². The van der Waals surface area contributed by atoms with Gasteiger partial charge in [-0.25, -0.2) is 8.93 Å². The van der Waals surface area contributed by atoms with E-state index in [1.807, 2.05) is 0 Å². The molecule has 22 heavy (non-hydrogen) atoms. The number of benzene rings is 1. The first-order chi connectivity index (χ1) is 10.5. The van der Waals surface area contributed by atoms with Crippen LogP contribution in [0.3, 0.4) is 0 Å². The Hall–Kier alpha value is -0.670. The zero-order valence-corrected chi connectivity index (χ0v) is 15.0. The van der Waals surface area contributed by atoms with Gasteiger partial charge >= 0.3 is 0 Å². The lowest BCUT2D eigenvalue weighted by atomic mass is 9.73. The van der Waals surface area contributed by atoms with Gasteiger partial charge in [0, 0.05) is 6.04 Å². The van der Waals surface area contributed by atoms with Gasteiger partial charge in [-0.05, 0) is 69.4 Å². The van der Waals surface area contributed by atoms with E-state index >= 15 is 0 Å². The first-order valence-corrected chi connectivity index (χ1v) is 9.90. The zero-order chi connectivity index (χ0) is 15.7. The summed E-state index contributed by atoms with van der Waals surface area (Å²) in [5.74, 6) is 0. The number of hydrogen-bond donors (Lipinski definition) is 1. The van der Waals surface area contributed by atoms with Crippen LogP contribution in [-0.2, 0) is 11.0 Å². The summed E-state index contributed by atoms with van der Waals surface area (Å²) in [4.78, 5) is 0.996. The maximum Gasteiger partial charge on any atom is 0.125 e. The van der Waals surface area contributed by atoms with Crippen molar-refractivity contribution < 1.29 is 4.21 Å². The predicted molar refractivity (Wildman–Crippen MR) is 93.4 cm³/mol. The van der Waals surface area contributed by atoms with E-state index in [2.05, 4.69) is 37.6 Å². The molecule has 1 spiro atoms. The van der Waals surface area contributed by atoms with Gasteiger partial charge in [-0.2, -0.15) is 0 Å². The second kappa shape index (κ2) is 6.45. The van der Waals surface area contributed by atoms with Crippen molar-refractivity contribution in [2.45, 2.75) is 83.1 Å². The Morgan fingerprint density at radius 2 is 1.68 bits per heavy atom. The van der Waals surface area contributed by atoms with Gasteiger partial charge in [-0.3, -0.25) is 0 Å². The minimum absolute atomic E-state index is 0.430. The molecule has 122 valence electrons. The molecular weight excluding hydrogens is 290 g/mol. The van der Waals surface area contributed by atoms with Gasteiger partial charge in [0.2, 0.25) is 0 Å². The van der Waals surface area contributed by atoms with E-state index in [9.17, 15) is 4.21 Å². The highest BCUT2D eigenvalue weighted by Crippen LogP contribution is 2.49. The van der Waals surface area contributed by atoms with Crippen molar-refractivity contribution in [2.75, 3.05) is 0 Å². The number of aryl methyl sites for hydroxylation is 3. The Bertz CT molecular complexity index is 552. The van der Waals surface area contributed by atoms with E-state index in [-0.39, 0.29) is 0 Å². The summed E-state index contributed by atoms with van der Waals surface area (Å²) in [5.41, 5.74) is 4.11. The zero-order valence-electron chi connectivity index (χ0n) is 14.2. The third-order valence-electron chi connectivity index (χ3n) is 5.68. The molecule has 2 fully saturated rings. The van der Waals surface area contributed by atoms with E-state index < -0.39 is 11.0 Å². The highest BCUT2D eigenvalue weighted by atomic mass is 32.2. The van der Waals surface area contributed by atoms with Gasteiger partial charge in [0.15, 0.2) is 0 Å². The first kappa shape index (κ1) is 16.2. The normalized spacial score (nSPS) is 25.5. The molecule has 2 aliphatic rings. The van der Waals surface area contributed by atoms with Crippen LogP contribution in [0.15, 0.2) is 17.0 Å². The van der Waals surface area contributed by atoms with Crippen LogP contribution in [-0.4, -0.2) is 10.3 Å². The van der Waals surface area contributed by atoms with Crippen LogP contribution in [0.25, 0.3) is 0 Å². The van der Waals surface area contributed by atoms with Crippen molar-refractivity contribution >= 4 is 11.0 Å². The van der Waals surface area contributed by atoms with Crippen LogP contribution in [0.2, 0.25) is 0 Å². The van der Waals surface area contributed by atoms with Gasteiger partial charge in [0.25, 0.3) is 0 Å². The van der Waals surface area contributed by atoms with Crippen molar-refractivity contribution in [1.29, 1.82) is 0 Å². The van der Waals surface area contributed by atoms with Crippen LogP contribution in [0.1, 0.15) is 68.1 Å². The molecule has 0 saturated heterocycles. The van der Waals surface area contributed by atoms with E-state index in [0.29, 0.717) is 11.5 Å². The average molecular weight is 320 g/mol. The third kappa shape index (κ3) is 3.30. The maximum atomic E-state index is 12.8. The fraction of sp³-hybridized carbons (Fsp3) is 0.684. The Morgan fingerprint density at radius 3 is 2.32 bits per heavy atom. The summed E-state index contributed by atoms with van der Waals surface area (Å²) < 4.78 is 16.3. The molecule has 3 heteroatoms. The van der Waals surface area contributed by atoms with Gasteiger partial charge in [-0.1, -0.05) is 37.0 Å². The smallest absolute Gasteiger partial charge is 0.125 e. The van der Waals surface area contributed by atoms with Gasteiger partial charge in [0.1, 0.15) is 11.0 Å². The highest BCUT2D eigenvalue weighted by molar-refractivity contribution is 7.83. The van der Waals surface area contributed by atoms with E-state index in [1.165, 1.54) is 56.9 Å². The molecule has 1 N–H and O–H groups in total. The van der Waals surface area contributed by atoms with Crippen LogP contribution >= 0.6 is 0 Å². The second-order valence-corrected chi connectivity index (χ2v) is 8.80. The van der Waals surface area contributed by atoms with Crippen LogP contribution in [0.5, 0.6) is 0 Å². The maximum absolute atomic E-state index is 12.8. The second-order valence-electron chi connectivity index (χ2n) is 7.61. The van der Waals surface area contributed by atoms with Gasteiger partial charge < -0.3 is 0 Å². The van der Waals surface area contributed by atoms with Crippen LogP contribution in [0.4, 0.5) is 0 Å². The highest BCUT2D eigenvalue weighted by Gasteiger charge is 2.40. The molecule has 0 heterocycles. The Labute approximate surface area is 137 Å². The van der Waals surface area contributed by atoms with Crippen molar-refractivity contribution in [3.8, 4) is 0 Å². The Balaban J connectivity index is 1.68. The van der Waals surface area contributed by atoms with Crippen LogP contribution in [0, 0.1) is 26.2 Å². The molecule has 2 nitrogen and oxygen atoms in total. The molecule has 2 saturated carbocycles. The fourth-order valence-electron chi connectivity index (χ4n) is 4.73. The van der Waals surface area contributed by atoms with Crippen LogP contribution < -0.4 is 4.72 Å². The molecule has 0 unspecified atom stereocenters. The standard InChI is InChI=1S/C19H29NOS/c1-14-11-15(2)18(16(3)12-14)22(21)20-17-7-10-19(13-17)8-5-4-6-9-19/h11-12,17,20H,4-10,13H2,1-3H3/t17-,22+/m1/s1. The van der Waals surface area contributed by atoms with E-state index in [0.717, 1.165) is 16.0 Å². The molecule has 3 rings (SSSR count). The molecule has 1 aromatic carbocycles. The summed E-state index contributed by atoms with van der Waals surface area (Å²) in [6.45, 7) is 6.25. The largest absolute Gasteiger partial charge is 0.237 e. The quantitative estimate of drug-likeness (QED) is 0.857. The predicted octanol–water partition coefficient (Wildman–Crippen LogP) is 4.73. The summed E-state index contributed by atoms with van der Waals surface area (Å²) >= 11 is 0. The monoisotopic (exact) mass is 319 g/mol. The molecule has 1 aromatic rings. The average Bonchev–Trinajstić information content (AvgIpc) is 2.80. The minimum Gasteiger partial charge on any atom is -0.237 e. The summed E-state index contributed by atoms with van der Waals surface area (Å²) in [6.07, 6.45) is 10.7. The lowest BCUT2D eigenvalue weighted by Crippen LogP contribution is -2.31. The lowest BCUT2D eigenvalue weighted by molar-refractivity contribution is 0.194. The SMILES string of the molecule is Cc1cc(C)c([S@](=O)N[C@@H]2CCC3(CCCCC3)C2)c(C)c1. The third-order valence-corrected chi connectivity index (χ3v) is 7.24. The van der Waals surface area contributed by atoms with Crippen molar-refractivity contribution in [3.63, 3.8) is 0 Å². The van der Waals surface area contributed by atoms with E-state index in [1.54, 1.807) is 0 Å². The number of rotatable bonds is 3. The molecule has 0 aromatic heterocycles.